The standard InChI is InChI=1S/C13H20N2O/c1-13(11-16)5-3-7-15(10-13)9-12-4-2-6-14-8-12/h2,4,6,8,16H,3,5,7,9-11H2,1H3. The summed E-state index contributed by atoms with van der Waals surface area (Å²) in [7, 11) is 0. The van der Waals surface area contributed by atoms with Crippen molar-refractivity contribution in [2.45, 2.75) is 26.3 Å². The van der Waals surface area contributed by atoms with Crippen LogP contribution in [0.1, 0.15) is 25.3 Å². The lowest BCUT2D eigenvalue weighted by molar-refractivity contribution is 0.0429. The van der Waals surface area contributed by atoms with Gasteiger partial charge in [0.05, 0.1) is 0 Å². The molecule has 3 nitrogen and oxygen atoms in total. The summed E-state index contributed by atoms with van der Waals surface area (Å²) < 4.78 is 0. The molecule has 1 unspecified atom stereocenters. The Labute approximate surface area is 97.1 Å². The van der Waals surface area contributed by atoms with Crippen LogP contribution in [-0.2, 0) is 6.54 Å². The van der Waals surface area contributed by atoms with Crippen LogP contribution in [0.5, 0.6) is 0 Å². The highest BCUT2D eigenvalue weighted by atomic mass is 16.3. The van der Waals surface area contributed by atoms with Gasteiger partial charge in [0.25, 0.3) is 0 Å². The molecule has 1 atom stereocenters. The first-order valence-corrected chi connectivity index (χ1v) is 5.94. The second-order valence-electron chi connectivity index (χ2n) is 5.14. The van der Waals surface area contributed by atoms with Crippen molar-refractivity contribution >= 4 is 0 Å². The van der Waals surface area contributed by atoms with Crippen LogP contribution in [0.25, 0.3) is 0 Å². The molecule has 1 fully saturated rings. The second kappa shape index (κ2) is 4.93. The lowest BCUT2D eigenvalue weighted by Crippen LogP contribution is -2.43. The Kier molecular flexibility index (Phi) is 3.56. The summed E-state index contributed by atoms with van der Waals surface area (Å²) in [5.74, 6) is 0. The van der Waals surface area contributed by atoms with Gasteiger partial charge in [0, 0.05) is 37.5 Å². The maximum absolute atomic E-state index is 9.40. The highest BCUT2D eigenvalue weighted by Crippen LogP contribution is 2.29. The largest absolute Gasteiger partial charge is 0.396 e. The molecule has 16 heavy (non-hydrogen) atoms. The van der Waals surface area contributed by atoms with Crippen molar-refractivity contribution < 1.29 is 5.11 Å². The molecule has 88 valence electrons. The van der Waals surface area contributed by atoms with E-state index in [1.165, 1.54) is 12.0 Å². The van der Waals surface area contributed by atoms with Crippen LogP contribution in [0.15, 0.2) is 24.5 Å². The Morgan fingerprint density at radius 3 is 3.12 bits per heavy atom. The smallest absolute Gasteiger partial charge is 0.0497 e. The van der Waals surface area contributed by atoms with Crippen molar-refractivity contribution in [3.63, 3.8) is 0 Å². The van der Waals surface area contributed by atoms with Crippen LogP contribution in [0.4, 0.5) is 0 Å². The summed E-state index contributed by atoms with van der Waals surface area (Å²) >= 11 is 0. The fourth-order valence-corrected chi connectivity index (χ4v) is 2.44. The topological polar surface area (TPSA) is 36.4 Å². The molecule has 0 saturated carbocycles. The molecule has 0 radical (unpaired) electrons. The lowest BCUT2D eigenvalue weighted by Gasteiger charge is -2.39. The quantitative estimate of drug-likeness (QED) is 0.842. The van der Waals surface area contributed by atoms with E-state index in [1.807, 2.05) is 12.3 Å². The molecular formula is C13H20N2O. The first-order chi connectivity index (χ1) is 7.72. The average molecular weight is 220 g/mol. The Hall–Kier alpha value is -0.930. The van der Waals surface area contributed by atoms with Gasteiger partial charge in [-0.3, -0.25) is 9.88 Å². The van der Waals surface area contributed by atoms with Gasteiger partial charge in [-0.15, -0.1) is 0 Å². The highest BCUT2D eigenvalue weighted by Gasteiger charge is 2.30. The highest BCUT2D eigenvalue weighted by molar-refractivity contribution is 5.08. The third kappa shape index (κ3) is 2.80. The van der Waals surface area contributed by atoms with Crippen molar-refractivity contribution in [3.05, 3.63) is 30.1 Å². The van der Waals surface area contributed by atoms with Crippen molar-refractivity contribution in [3.8, 4) is 0 Å². The van der Waals surface area contributed by atoms with Crippen LogP contribution >= 0.6 is 0 Å². The molecule has 0 aromatic carbocycles. The van der Waals surface area contributed by atoms with Crippen LogP contribution in [0.3, 0.4) is 0 Å². The minimum absolute atomic E-state index is 0.0838. The van der Waals surface area contributed by atoms with Crippen molar-refractivity contribution in [1.29, 1.82) is 0 Å². The van der Waals surface area contributed by atoms with Gasteiger partial charge in [-0.1, -0.05) is 13.0 Å². The van der Waals surface area contributed by atoms with Gasteiger partial charge in [0.15, 0.2) is 0 Å². The number of aliphatic hydroxyl groups excluding tert-OH is 1. The van der Waals surface area contributed by atoms with Crippen molar-refractivity contribution in [2.24, 2.45) is 5.41 Å². The Morgan fingerprint density at radius 2 is 2.44 bits per heavy atom. The van der Waals surface area contributed by atoms with E-state index in [0.717, 1.165) is 26.1 Å². The summed E-state index contributed by atoms with van der Waals surface area (Å²) in [6, 6.07) is 4.09. The molecule has 1 saturated heterocycles. The van der Waals surface area contributed by atoms with E-state index in [9.17, 15) is 5.11 Å². The fourth-order valence-electron chi connectivity index (χ4n) is 2.44. The Bertz CT molecular complexity index is 328. The summed E-state index contributed by atoms with van der Waals surface area (Å²) in [5.41, 5.74) is 1.34. The third-order valence-corrected chi connectivity index (χ3v) is 3.37. The molecule has 2 rings (SSSR count). The molecule has 0 spiro atoms. The number of rotatable bonds is 3. The van der Waals surface area contributed by atoms with E-state index >= 15 is 0 Å². The Morgan fingerprint density at radius 1 is 1.56 bits per heavy atom. The van der Waals surface area contributed by atoms with Crippen LogP contribution < -0.4 is 0 Å². The predicted molar refractivity (Wildman–Crippen MR) is 63.9 cm³/mol. The van der Waals surface area contributed by atoms with Crippen molar-refractivity contribution in [1.82, 2.24) is 9.88 Å². The number of nitrogens with zero attached hydrogens (tertiary/aromatic N) is 2. The van der Waals surface area contributed by atoms with Gasteiger partial charge in [-0.2, -0.15) is 0 Å². The molecule has 0 bridgehead atoms. The molecule has 2 heterocycles. The number of hydrogen-bond donors (Lipinski definition) is 1. The number of hydrogen-bond acceptors (Lipinski definition) is 3. The van der Waals surface area contributed by atoms with Crippen LogP contribution in [0, 0.1) is 5.41 Å². The van der Waals surface area contributed by atoms with E-state index in [1.54, 1.807) is 6.20 Å². The maximum atomic E-state index is 9.40. The van der Waals surface area contributed by atoms with Crippen LogP contribution in [-0.4, -0.2) is 34.7 Å². The summed E-state index contributed by atoms with van der Waals surface area (Å²) in [4.78, 5) is 6.54. The molecule has 1 aliphatic rings. The normalized spacial score (nSPS) is 26.9. The zero-order chi connectivity index (χ0) is 11.4. The Balaban J connectivity index is 1.96. The number of likely N-dealkylation sites (tertiary alicyclic amines) is 1. The molecule has 3 heteroatoms. The van der Waals surface area contributed by atoms with Gasteiger partial charge < -0.3 is 5.11 Å². The van der Waals surface area contributed by atoms with Gasteiger partial charge in [-0.05, 0) is 31.0 Å². The van der Waals surface area contributed by atoms with Gasteiger partial charge in [0.1, 0.15) is 0 Å². The zero-order valence-electron chi connectivity index (χ0n) is 9.89. The minimum Gasteiger partial charge on any atom is -0.396 e. The maximum Gasteiger partial charge on any atom is 0.0497 e. The molecule has 1 aromatic heterocycles. The number of aromatic nitrogens is 1. The first kappa shape index (κ1) is 11.6. The number of pyridine rings is 1. The molecule has 1 aliphatic heterocycles. The number of aliphatic hydroxyl groups is 1. The SMILES string of the molecule is CC1(CO)CCCN(Cc2cccnc2)C1. The molecule has 0 amide bonds. The summed E-state index contributed by atoms with van der Waals surface area (Å²) in [5, 5.41) is 9.40. The van der Waals surface area contributed by atoms with E-state index in [0.29, 0.717) is 0 Å². The molecule has 1 N–H and O–H groups in total. The average Bonchev–Trinajstić information content (AvgIpc) is 2.30. The third-order valence-electron chi connectivity index (χ3n) is 3.37. The minimum atomic E-state index is 0.0838. The molecular weight excluding hydrogens is 200 g/mol. The van der Waals surface area contributed by atoms with E-state index < -0.39 is 0 Å². The monoisotopic (exact) mass is 220 g/mol. The summed E-state index contributed by atoms with van der Waals surface area (Å²) in [6.45, 7) is 5.52. The van der Waals surface area contributed by atoms with Gasteiger partial charge in [-0.25, -0.2) is 0 Å². The van der Waals surface area contributed by atoms with Gasteiger partial charge in [0.2, 0.25) is 0 Å². The van der Waals surface area contributed by atoms with E-state index in [4.69, 9.17) is 0 Å². The van der Waals surface area contributed by atoms with Crippen molar-refractivity contribution in [2.75, 3.05) is 19.7 Å². The predicted octanol–water partition coefficient (Wildman–Crippen LogP) is 1.68. The molecule has 0 aliphatic carbocycles. The molecule has 1 aromatic rings. The van der Waals surface area contributed by atoms with E-state index in [2.05, 4.69) is 22.9 Å². The first-order valence-electron chi connectivity index (χ1n) is 5.94. The lowest BCUT2D eigenvalue weighted by atomic mass is 9.83. The fraction of sp³-hybridized carbons (Fsp3) is 0.615. The summed E-state index contributed by atoms with van der Waals surface area (Å²) in [6.07, 6.45) is 6.03. The zero-order valence-corrected chi connectivity index (χ0v) is 9.89. The number of piperidine rings is 1. The van der Waals surface area contributed by atoms with E-state index in [-0.39, 0.29) is 12.0 Å². The second-order valence-corrected chi connectivity index (χ2v) is 5.14. The van der Waals surface area contributed by atoms with Crippen LogP contribution in [0.2, 0.25) is 0 Å². The van der Waals surface area contributed by atoms with Gasteiger partial charge >= 0.3 is 0 Å².